The van der Waals surface area contributed by atoms with Gasteiger partial charge in [-0.25, -0.2) is 0 Å². The second-order valence-electron chi connectivity index (χ2n) is 3.11. The van der Waals surface area contributed by atoms with E-state index in [1.165, 1.54) is 24.3 Å². The van der Waals surface area contributed by atoms with E-state index >= 15 is 0 Å². The summed E-state index contributed by atoms with van der Waals surface area (Å²) >= 11 is 0. The third kappa shape index (κ3) is 2.99. The molecule has 15 heavy (non-hydrogen) atoms. The van der Waals surface area contributed by atoms with Gasteiger partial charge in [0.15, 0.2) is 0 Å². The fraction of sp³-hybridized carbons (Fsp3) is 0.273. The van der Waals surface area contributed by atoms with E-state index in [0.717, 1.165) is 0 Å². The first-order valence-corrected chi connectivity index (χ1v) is 4.67. The summed E-state index contributed by atoms with van der Waals surface area (Å²) in [6, 6.07) is 7.40. The fourth-order valence-electron chi connectivity index (χ4n) is 1.08. The zero-order chi connectivity index (χ0) is 11.3. The Hall–Kier alpha value is -2.02. The van der Waals surface area contributed by atoms with Crippen LogP contribution >= 0.6 is 0 Å². The predicted molar refractivity (Wildman–Crippen MR) is 55.3 cm³/mol. The molecule has 0 aliphatic rings. The molecule has 0 saturated heterocycles. The topological polar surface area (TPSA) is 73.1 Å². The van der Waals surface area contributed by atoms with Crippen molar-refractivity contribution in [3.05, 3.63) is 29.8 Å². The minimum Gasteiger partial charge on any atom is -0.508 e. The average molecular weight is 204 g/mol. The van der Waals surface area contributed by atoms with Crippen LogP contribution in [0, 0.1) is 11.3 Å². The summed E-state index contributed by atoms with van der Waals surface area (Å²) in [6.45, 7) is 1.82. The highest BCUT2D eigenvalue weighted by Gasteiger charge is 2.10. The van der Waals surface area contributed by atoms with E-state index in [-0.39, 0.29) is 11.7 Å². The maximum Gasteiger partial charge on any atom is 0.252 e. The maximum atomic E-state index is 11.5. The van der Waals surface area contributed by atoms with Crippen LogP contribution in [0.15, 0.2) is 24.3 Å². The van der Waals surface area contributed by atoms with E-state index in [0.29, 0.717) is 12.0 Å². The minimum atomic E-state index is -0.466. The van der Waals surface area contributed by atoms with Crippen molar-refractivity contribution >= 4 is 5.91 Å². The van der Waals surface area contributed by atoms with E-state index in [2.05, 4.69) is 5.32 Å². The lowest BCUT2D eigenvalue weighted by atomic mass is 10.2. The van der Waals surface area contributed by atoms with Gasteiger partial charge in [-0.2, -0.15) is 5.26 Å². The van der Waals surface area contributed by atoms with Gasteiger partial charge in [0.05, 0.1) is 6.07 Å². The summed E-state index contributed by atoms with van der Waals surface area (Å²) in [5.41, 5.74) is 0.432. The summed E-state index contributed by atoms with van der Waals surface area (Å²) in [7, 11) is 0. The number of nitrogens with zero attached hydrogens (tertiary/aromatic N) is 1. The molecule has 1 unspecified atom stereocenters. The molecule has 1 amide bonds. The van der Waals surface area contributed by atoms with E-state index in [1.807, 2.05) is 13.0 Å². The van der Waals surface area contributed by atoms with Gasteiger partial charge < -0.3 is 10.4 Å². The van der Waals surface area contributed by atoms with Crippen LogP contribution < -0.4 is 5.32 Å². The molecule has 78 valence electrons. The zero-order valence-corrected chi connectivity index (χ0v) is 8.40. The Morgan fingerprint density at radius 3 is 2.60 bits per heavy atom. The molecule has 0 spiro atoms. The summed E-state index contributed by atoms with van der Waals surface area (Å²) in [5, 5.41) is 20.3. The Bertz CT molecular complexity index is 379. The number of carbonyl (C=O) groups excluding carboxylic acids is 1. The lowest BCUT2D eigenvalue weighted by molar-refractivity contribution is 0.0944. The number of hydrogen-bond donors (Lipinski definition) is 2. The van der Waals surface area contributed by atoms with Crippen molar-refractivity contribution < 1.29 is 9.90 Å². The first kappa shape index (κ1) is 11.1. The Morgan fingerprint density at radius 2 is 2.13 bits per heavy atom. The highest BCUT2D eigenvalue weighted by Crippen LogP contribution is 2.09. The molecule has 1 aromatic carbocycles. The van der Waals surface area contributed by atoms with Crippen molar-refractivity contribution in [1.29, 1.82) is 5.26 Å². The number of nitriles is 1. The van der Waals surface area contributed by atoms with Gasteiger partial charge in [-0.15, -0.1) is 0 Å². The monoisotopic (exact) mass is 204 g/mol. The third-order valence-corrected chi connectivity index (χ3v) is 2.00. The van der Waals surface area contributed by atoms with Crippen molar-refractivity contribution in [3.8, 4) is 11.8 Å². The Kier molecular flexibility index (Phi) is 3.69. The fourth-order valence-corrected chi connectivity index (χ4v) is 1.08. The maximum absolute atomic E-state index is 11.5. The number of rotatable bonds is 3. The van der Waals surface area contributed by atoms with Crippen LogP contribution in [0.5, 0.6) is 5.75 Å². The molecule has 0 heterocycles. The van der Waals surface area contributed by atoms with Crippen molar-refractivity contribution in [1.82, 2.24) is 5.32 Å². The van der Waals surface area contributed by atoms with Crippen LogP contribution in [0.1, 0.15) is 23.7 Å². The number of benzene rings is 1. The van der Waals surface area contributed by atoms with Gasteiger partial charge in [0.1, 0.15) is 11.8 Å². The smallest absolute Gasteiger partial charge is 0.252 e. The van der Waals surface area contributed by atoms with Crippen LogP contribution in [-0.2, 0) is 0 Å². The Balaban J connectivity index is 2.70. The van der Waals surface area contributed by atoms with Crippen LogP contribution in [0.2, 0.25) is 0 Å². The van der Waals surface area contributed by atoms with Gasteiger partial charge in [-0.05, 0) is 30.7 Å². The minimum absolute atomic E-state index is 0.110. The van der Waals surface area contributed by atoms with E-state index < -0.39 is 6.04 Å². The van der Waals surface area contributed by atoms with Gasteiger partial charge in [-0.3, -0.25) is 4.79 Å². The Morgan fingerprint density at radius 1 is 1.53 bits per heavy atom. The summed E-state index contributed by atoms with van der Waals surface area (Å²) in [5.74, 6) is -0.192. The summed E-state index contributed by atoms with van der Waals surface area (Å²) < 4.78 is 0. The van der Waals surface area contributed by atoms with Crippen LogP contribution in [0.3, 0.4) is 0 Å². The number of phenols is 1. The van der Waals surface area contributed by atoms with Crippen molar-refractivity contribution in [2.45, 2.75) is 19.4 Å². The molecule has 0 bridgehead atoms. The molecule has 1 aromatic rings. The summed E-state index contributed by atoms with van der Waals surface area (Å²) in [6.07, 6.45) is 0.570. The largest absolute Gasteiger partial charge is 0.508 e. The number of amides is 1. The molecule has 1 rings (SSSR count). The highest BCUT2D eigenvalue weighted by molar-refractivity contribution is 5.94. The van der Waals surface area contributed by atoms with Gasteiger partial charge in [0, 0.05) is 5.56 Å². The zero-order valence-electron chi connectivity index (χ0n) is 8.40. The van der Waals surface area contributed by atoms with Gasteiger partial charge in [-0.1, -0.05) is 6.92 Å². The van der Waals surface area contributed by atoms with Gasteiger partial charge >= 0.3 is 0 Å². The predicted octanol–water partition coefficient (Wildman–Crippen LogP) is 1.42. The molecule has 1 atom stereocenters. The first-order valence-electron chi connectivity index (χ1n) is 4.67. The molecule has 4 heteroatoms. The number of carbonyl (C=O) groups is 1. The van der Waals surface area contributed by atoms with Crippen molar-refractivity contribution in [2.75, 3.05) is 0 Å². The molecule has 0 radical (unpaired) electrons. The third-order valence-electron chi connectivity index (χ3n) is 2.00. The quantitative estimate of drug-likeness (QED) is 0.782. The van der Waals surface area contributed by atoms with Crippen LogP contribution in [-0.4, -0.2) is 17.1 Å². The van der Waals surface area contributed by atoms with Gasteiger partial charge in [0.25, 0.3) is 5.91 Å². The standard InChI is InChI=1S/C11H12N2O2/c1-2-9(7-12)13-11(15)8-3-5-10(14)6-4-8/h3-6,9,14H,2H2,1H3,(H,13,15). The lowest BCUT2D eigenvalue weighted by Gasteiger charge is -2.08. The molecular formula is C11H12N2O2. The van der Waals surface area contributed by atoms with E-state index in [4.69, 9.17) is 10.4 Å². The summed E-state index contributed by atoms with van der Waals surface area (Å²) in [4.78, 5) is 11.5. The SMILES string of the molecule is CCC(C#N)NC(=O)c1ccc(O)cc1. The molecule has 0 aliphatic carbocycles. The molecule has 0 saturated carbocycles. The van der Waals surface area contributed by atoms with Crippen LogP contribution in [0.25, 0.3) is 0 Å². The lowest BCUT2D eigenvalue weighted by Crippen LogP contribution is -2.33. The Labute approximate surface area is 88.2 Å². The molecular weight excluding hydrogens is 192 g/mol. The normalized spacial score (nSPS) is 11.5. The van der Waals surface area contributed by atoms with E-state index in [1.54, 1.807) is 0 Å². The first-order chi connectivity index (χ1) is 7.17. The number of aromatic hydroxyl groups is 1. The average Bonchev–Trinajstić information content (AvgIpc) is 2.26. The van der Waals surface area contributed by atoms with Gasteiger partial charge in [0.2, 0.25) is 0 Å². The van der Waals surface area contributed by atoms with Crippen LogP contribution in [0.4, 0.5) is 0 Å². The number of hydrogen-bond acceptors (Lipinski definition) is 3. The van der Waals surface area contributed by atoms with Crippen molar-refractivity contribution in [3.63, 3.8) is 0 Å². The van der Waals surface area contributed by atoms with Crippen molar-refractivity contribution in [2.24, 2.45) is 0 Å². The highest BCUT2D eigenvalue weighted by atomic mass is 16.3. The molecule has 0 aromatic heterocycles. The second kappa shape index (κ2) is 5.01. The number of phenolic OH excluding ortho intramolecular Hbond substituents is 1. The van der Waals surface area contributed by atoms with E-state index in [9.17, 15) is 4.79 Å². The second-order valence-corrected chi connectivity index (χ2v) is 3.11. The molecule has 0 fully saturated rings. The number of nitrogens with one attached hydrogen (secondary N) is 1. The molecule has 2 N–H and O–H groups in total. The molecule has 4 nitrogen and oxygen atoms in total. The molecule has 0 aliphatic heterocycles.